The third-order valence-corrected chi connectivity index (χ3v) is 6.53. The van der Waals surface area contributed by atoms with E-state index in [1.54, 1.807) is 35.2 Å². The predicted octanol–water partition coefficient (Wildman–Crippen LogP) is 6.22. The van der Waals surface area contributed by atoms with Crippen molar-refractivity contribution in [3.05, 3.63) is 109 Å². The molecule has 0 radical (unpaired) electrons. The maximum atomic E-state index is 13.3. The Bertz CT molecular complexity index is 1600. The van der Waals surface area contributed by atoms with Gasteiger partial charge >= 0.3 is 5.97 Å². The van der Waals surface area contributed by atoms with E-state index in [0.29, 0.717) is 50.6 Å². The number of H-pyrrole nitrogens is 1. The van der Waals surface area contributed by atoms with Crippen LogP contribution in [0.4, 0.5) is 5.69 Å². The number of nitrogens with zero attached hydrogens (tertiary/aromatic N) is 2. The van der Waals surface area contributed by atoms with E-state index in [0.717, 1.165) is 5.69 Å². The summed E-state index contributed by atoms with van der Waals surface area (Å²) < 4.78 is 5.57. The summed E-state index contributed by atoms with van der Waals surface area (Å²) in [4.78, 5) is 46.2. The minimum atomic E-state index is -0.902. The number of rotatable bonds is 7. The van der Waals surface area contributed by atoms with Crippen molar-refractivity contribution in [3.63, 3.8) is 0 Å². The van der Waals surface area contributed by atoms with Crippen LogP contribution in [0.3, 0.4) is 0 Å². The van der Waals surface area contributed by atoms with Crippen molar-refractivity contribution in [1.29, 1.82) is 0 Å². The molecule has 1 N–H and O–H groups in total. The molecule has 0 unspecified atom stereocenters. The number of anilines is 1. The summed E-state index contributed by atoms with van der Waals surface area (Å²) in [7, 11) is 0. The average Bonchev–Trinajstić information content (AvgIpc) is 3.44. The van der Waals surface area contributed by atoms with E-state index in [1.165, 1.54) is 12.1 Å². The molecule has 1 aliphatic rings. The summed E-state index contributed by atoms with van der Waals surface area (Å²) in [5, 5.41) is 10.8. The number of aromatic amines is 1. The second-order valence-corrected chi connectivity index (χ2v) is 9.31. The molecule has 9 nitrogen and oxygen atoms in total. The molecule has 2 heterocycles. The quantitative estimate of drug-likeness (QED) is 0.0957. The van der Waals surface area contributed by atoms with Gasteiger partial charge in [0.2, 0.25) is 0 Å². The van der Waals surface area contributed by atoms with Crippen LogP contribution in [0, 0.1) is 10.1 Å². The molecule has 192 valence electrons. The third kappa shape index (κ3) is 5.20. The fraction of sp³-hybridized carbons (Fsp3) is 0.111. The summed E-state index contributed by atoms with van der Waals surface area (Å²) >= 11 is 12.7. The lowest BCUT2D eigenvalue weighted by Crippen LogP contribution is -2.24. The fourth-order valence-electron chi connectivity index (χ4n) is 4.34. The normalized spacial score (nSPS) is 14.3. The Labute approximate surface area is 226 Å². The number of hydrogen-bond acceptors (Lipinski definition) is 6. The molecule has 4 aromatic rings. The van der Waals surface area contributed by atoms with Crippen LogP contribution in [0.1, 0.15) is 28.0 Å². The largest absolute Gasteiger partial charge is 0.422 e. The van der Waals surface area contributed by atoms with E-state index in [4.69, 9.17) is 27.9 Å². The van der Waals surface area contributed by atoms with Gasteiger partial charge in [-0.25, -0.2) is 4.79 Å². The third-order valence-electron chi connectivity index (χ3n) is 6.01. The first-order valence-corrected chi connectivity index (χ1v) is 12.2. The predicted molar refractivity (Wildman–Crippen MR) is 143 cm³/mol. The van der Waals surface area contributed by atoms with Gasteiger partial charge in [-0.3, -0.25) is 4.79 Å². The van der Waals surface area contributed by atoms with E-state index < -0.39 is 11.1 Å². The number of hydrogen-bond donors (Lipinski definition) is 1. The summed E-state index contributed by atoms with van der Waals surface area (Å²) in [5.74, 6) is -0.751. The van der Waals surface area contributed by atoms with Crippen molar-refractivity contribution in [2.75, 3.05) is 11.4 Å². The maximum absolute atomic E-state index is 13.3. The highest BCUT2D eigenvalue weighted by molar-refractivity contribution is 6.39. The molecule has 0 atom stereocenters. The van der Waals surface area contributed by atoms with Crippen molar-refractivity contribution in [2.45, 2.75) is 13.0 Å². The summed E-state index contributed by atoms with van der Waals surface area (Å²) in [6.07, 6.45) is 2.13. The molecular formula is C27H19Cl2N3O6. The zero-order valence-corrected chi connectivity index (χ0v) is 21.2. The standard InChI is InChI=1S/C27H19Cl2N3O6/c28-18-13-22(29)24-21(12-17-9-10-31(26(17)33)19-6-2-1-3-7-19)25(30-23(24)14-18)27(34)38-20-8-4-5-16(11-20)15-37-32(35)36/h1-8,11-14,30H,9-10,15H2/b17-12+. The van der Waals surface area contributed by atoms with Crippen molar-refractivity contribution in [3.8, 4) is 5.75 Å². The van der Waals surface area contributed by atoms with Crippen LogP contribution in [0.5, 0.6) is 5.75 Å². The van der Waals surface area contributed by atoms with Gasteiger partial charge in [-0.05, 0) is 54.5 Å². The smallest absolute Gasteiger partial charge is 0.360 e. The molecule has 1 amide bonds. The lowest BCUT2D eigenvalue weighted by atomic mass is 10.1. The van der Waals surface area contributed by atoms with Crippen molar-refractivity contribution in [2.24, 2.45) is 0 Å². The van der Waals surface area contributed by atoms with E-state index in [-0.39, 0.29) is 24.0 Å². The van der Waals surface area contributed by atoms with Gasteiger partial charge in [-0.2, -0.15) is 0 Å². The number of aromatic nitrogens is 1. The first kappa shape index (κ1) is 25.3. The molecule has 38 heavy (non-hydrogen) atoms. The number of esters is 1. The number of carbonyl (C=O) groups excluding carboxylic acids is 2. The molecule has 1 saturated heterocycles. The van der Waals surface area contributed by atoms with Gasteiger partial charge in [-0.1, -0.05) is 53.5 Å². The van der Waals surface area contributed by atoms with Gasteiger partial charge in [-0.15, -0.1) is 10.1 Å². The first-order valence-electron chi connectivity index (χ1n) is 11.5. The van der Waals surface area contributed by atoms with Crippen LogP contribution in [0.2, 0.25) is 10.0 Å². The molecule has 3 aromatic carbocycles. The van der Waals surface area contributed by atoms with Crippen LogP contribution in [0.25, 0.3) is 17.0 Å². The Kier molecular flexibility index (Phi) is 7.04. The highest BCUT2D eigenvalue weighted by atomic mass is 35.5. The van der Waals surface area contributed by atoms with E-state index in [9.17, 15) is 19.7 Å². The lowest BCUT2D eigenvalue weighted by Gasteiger charge is -2.14. The monoisotopic (exact) mass is 551 g/mol. The number of halogens is 2. The van der Waals surface area contributed by atoms with Crippen LogP contribution in [-0.4, -0.2) is 28.5 Å². The van der Waals surface area contributed by atoms with Gasteiger partial charge in [0.25, 0.3) is 11.0 Å². The number of ether oxygens (including phenoxy) is 1. The Hall–Kier alpha value is -4.34. The maximum Gasteiger partial charge on any atom is 0.360 e. The molecule has 1 fully saturated rings. The van der Waals surface area contributed by atoms with Crippen LogP contribution in [0.15, 0.2) is 72.3 Å². The summed E-state index contributed by atoms with van der Waals surface area (Å²) in [6.45, 7) is 0.200. The van der Waals surface area contributed by atoms with E-state index >= 15 is 0 Å². The van der Waals surface area contributed by atoms with Crippen LogP contribution >= 0.6 is 23.2 Å². The van der Waals surface area contributed by atoms with Gasteiger partial charge in [0.15, 0.2) is 0 Å². The highest BCUT2D eigenvalue weighted by Gasteiger charge is 2.29. The molecule has 1 aromatic heterocycles. The number of fused-ring (bicyclic) bond motifs is 1. The SMILES string of the molecule is O=C(Oc1cccc(CO[N+](=O)[O-])c1)c1[nH]c2cc(Cl)cc(Cl)c2c1/C=C1\CCN(c2ccccc2)C1=O. The molecule has 0 saturated carbocycles. The van der Waals surface area contributed by atoms with Crippen LogP contribution in [-0.2, 0) is 16.2 Å². The van der Waals surface area contributed by atoms with Crippen molar-refractivity contribution >= 4 is 57.7 Å². The van der Waals surface area contributed by atoms with E-state index in [1.807, 2.05) is 30.3 Å². The second-order valence-electron chi connectivity index (χ2n) is 8.47. The molecule has 0 aliphatic carbocycles. The number of nitrogens with one attached hydrogen (secondary N) is 1. The highest BCUT2D eigenvalue weighted by Crippen LogP contribution is 2.36. The molecule has 11 heteroatoms. The topological polar surface area (TPSA) is 115 Å². The van der Waals surface area contributed by atoms with Crippen LogP contribution < -0.4 is 9.64 Å². The number of amides is 1. The second kappa shape index (κ2) is 10.6. The first-order chi connectivity index (χ1) is 18.3. The van der Waals surface area contributed by atoms with E-state index in [2.05, 4.69) is 9.82 Å². The number of carbonyl (C=O) groups is 2. The lowest BCUT2D eigenvalue weighted by molar-refractivity contribution is -0.763. The molecule has 0 spiro atoms. The molecular weight excluding hydrogens is 533 g/mol. The fourth-order valence-corrected chi connectivity index (χ4v) is 4.93. The van der Waals surface area contributed by atoms with Crippen molar-refractivity contribution in [1.82, 2.24) is 4.98 Å². The van der Waals surface area contributed by atoms with Crippen molar-refractivity contribution < 1.29 is 24.3 Å². The molecule has 5 rings (SSSR count). The number of para-hydroxylation sites is 1. The Morgan fingerprint density at radius 2 is 1.89 bits per heavy atom. The minimum Gasteiger partial charge on any atom is -0.422 e. The minimum absolute atomic E-state index is 0.0783. The Morgan fingerprint density at radius 1 is 1.11 bits per heavy atom. The van der Waals surface area contributed by atoms with Gasteiger partial charge in [0, 0.05) is 39.3 Å². The molecule has 1 aliphatic heterocycles. The summed E-state index contributed by atoms with van der Waals surface area (Å²) in [6, 6.07) is 18.7. The zero-order chi connectivity index (χ0) is 26.8. The van der Waals surface area contributed by atoms with Gasteiger partial charge in [0.1, 0.15) is 18.1 Å². The Morgan fingerprint density at radius 3 is 2.66 bits per heavy atom. The Balaban J connectivity index is 1.51. The zero-order valence-electron chi connectivity index (χ0n) is 19.6. The average molecular weight is 552 g/mol. The number of benzene rings is 3. The van der Waals surface area contributed by atoms with Gasteiger partial charge in [0.05, 0.1) is 5.02 Å². The summed E-state index contributed by atoms with van der Waals surface area (Å²) in [5.41, 5.74) is 2.71. The molecule has 0 bridgehead atoms. The van der Waals surface area contributed by atoms with Gasteiger partial charge < -0.3 is 19.5 Å².